The highest BCUT2D eigenvalue weighted by Gasteiger charge is 2.09. The van der Waals surface area contributed by atoms with E-state index < -0.39 is 0 Å². The van der Waals surface area contributed by atoms with Gasteiger partial charge in [0.05, 0.1) is 17.6 Å². The van der Waals surface area contributed by atoms with Crippen molar-refractivity contribution < 1.29 is 0 Å². The van der Waals surface area contributed by atoms with Gasteiger partial charge in [-0.2, -0.15) is 14.9 Å². The van der Waals surface area contributed by atoms with Gasteiger partial charge in [-0.25, -0.2) is 0 Å². The fraction of sp³-hybridized carbons (Fsp3) is 0.105. The highest BCUT2D eigenvalue weighted by molar-refractivity contribution is 9.10. The van der Waals surface area contributed by atoms with Crippen LogP contribution in [0.5, 0.6) is 0 Å². The molecular weight excluding hydrogens is 380 g/mol. The smallest absolute Gasteiger partial charge is 0.276 e. The van der Waals surface area contributed by atoms with Crippen molar-refractivity contribution in [3.05, 3.63) is 87.3 Å². The lowest BCUT2D eigenvalue weighted by molar-refractivity contribution is 0.801. The molecule has 126 valence electrons. The van der Waals surface area contributed by atoms with Crippen LogP contribution in [0.4, 0.5) is 5.69 Å². The van der Waals surface area contributed by atoms with Crippen LogP contribution in [0, 0.1) is 0 Å². The van der Waals surface area contributed by atoms with Gasteiger partial charge in [0, 0.05) is 6.21 Å². The van der Waals surface area contributed by atoms with Gasteiger partial charge in [-0.05, 0) is 46.5 Å². The van der Waals surface area contributed by atoms with Gasteiger partial charge in [0.25, 0.3) is 5.56 Å². The van der Waals surface area contributed by atoms with E-state index in [1.54, 1.807) is 12.4 Å². The second-order valence-corrected chi connectivity index (χ2v) is 6.17. The highest BCUT2D eigenvalue weighted by atomic mass is 79.9. The van der Waals surface area contributed by atoms with Crippen molar-refractivity contribution in [1.82, 2.24) is 9.78 Å². The summed E-state index contributed by atoms with van der Waals surface area (Å²) in [5.41, 5.74) is 5.14. The number of nitrogens with zero attached hydrogens (tertiary/aromatic N) is 3. The van der Waals surface area contributed by atoms with Crippen molar-refractivity contribution in [2.45, 2.75) is 12.8 Å². The lowest BCUT2D eigenvalue weighted by atomic mass is 10.1. The Morgan fingerprint density at radius 1 is 1.08 bits per heavy atom. The lowest BCUT2D eigenvalue weighted by Gasteiger charge is -2.07. The van der Waals surface area contributed by atoms with Gasteiger partial charge in [-0.1, -0.05) is 48.5 Å². The number of para-hydroxylation sites is 1. The van der Waals surface area contributed by atoms with Gasteiger partial charge in [0.1, 0.15) is 4.47 Å². The van der Waals surface area contributed by atoms with Gasteiger partial charge in [0.15, 0.2) is 0 Å². The van der Waals surface area contributed by atoms with Gasteiger partial charge in [-0.15, -0.1) is 0 Å². The van der Waals surface area contributed by atoms with Crippen LogP contribution in [0.1, 0.15) is 12.0 Å². The Hall–Kier alpha value is -2.73. The summed E-state index contributed by atoms with van der Waals surface area (Å²) in [6.45, 7) is 0. The molecule has 0 aliphatic carbocycles. The number of hydrazone groups is 1. The molecule has 0 bridgehead atoms. The predicted octanol–water partition coefficient (Wildman–Crippen LogP) is 4.03. The SMILES string of the molecule is O=c1c(Br)c(N/N=C\CCc2ccccc2)cnn1-c1ccccc1. The molecule has 1 heterocycles. The summed E-state index contributed by atoms with van der Waals surface area (Å²) in [5.74, 6) is 0. The zero-order chi connectivity index (χ0) is 17.5. The summed E-state index contributed by atoms with van der Waals surface area (Å²) in [7, 11) is 0. The summed E-state index contributed by atoms with van der Waals surface area (Å²) in [6.07, 6.45) is 5.10. The minimum absolute atomic E-state index is 0.240. The molecule has 1 N–H and O–H groups in total. The quantitative estimate of drug-likeness (QED) is 0.505. The Morgan fingerprint density at radius 3 is 2.48 bits per heavy atom. The average Bonchev–Trinajstić information content (AvgIpc) is 2.66. The second-order valence-electron chi connectivity index (χ2n) is 5.37. The van der Waals surface area contributed by atoms with Crippen molar-refractivity contribution in [3.8, 4) is 5.69 Å². The number of benzene rings is 2. The Morgan fingerprint density at radius 2 is 1.76 bits per heavy atom. The number of hydrogen-bond donors (Lipinski definition) is 1. The first-order valence-corrected chi connectivity index (χ1v) is 8.70. The number of anilines is 1. The van der Waals surface area contributed by atoms with E-state index in [1.807, 2.05) is 48.5 Å². The lowest BCUT2D eigenvalue weighted by Crippen LogP contribution is -2.22. The van der Waals surface area contributed by atoms with Gasteiger partial charge in [0.2, 0.25) is 0 Å². The molecule has 0 spiro atoms. The van der Waals surface area contributed by atoms with Gasteiger partial charge in [-0.3, -0.25) is 10.2 Å². The molecular formula is C19H17BrN4O. The summed E-state index contributed by atoms with van der Waals surface area (Å²) < 4.78 is 1.74. The average molecular weight is 397 g/mol. The molecule has 3 aromatic rings. The van der Waals surface area contributed by atoms with Crippen molar-refractivity contribution in [3.63, 3.8) is 0 Å². The number of halogens is 1. The molecule has 1 aromatic heterocycles. The maximum Gasteiger partial charge on any atom is 0.287 e. The molecule has 0 atom stereocenters. The standard InChI is InChI=1S/C19H17BrN4O/c20-18-17(23-21-13-7-10-15-8-3-1-4-9-15)14-22-24(19(18)25)16-11-5-2-6-12-16/h1-6,8-9,11-14,23H,7,10H2/b21-13-. The van der Waals surface area contributed by atoms with Crippen molar-refractivity contribution in [2.24, 2.45) is 5.10 Å². The summed E-state index contributed by atoms with van der Waals surface area (Å²) in [6, 6.07) is 19.5. The third kappa shape index (κ3) is 4.42. The monoisotopic (exact) mass is 396 g/mol. The number of aromatic nitrogens is 2. The van der Waals surface area contributed by atoms with Crippen LogP contribution >= 0.6 is 15.9 Å². The molecule has 3 rings (SSSR count). The topological polar surface area (TPSA) is 59.3 Å². The van der Waals surface area contributed by atoms with E-state index in [0.717, 1.165) is 12.8 Å². The largest absolute Gasteiger partial charge is 0.287 e. The van der Waals surface area contributed by atoms with Crippen molar-refractivity contribution in [1.29, 1.82) is 0 Å². The van der Waals surface area contributed by atoms with E-state index in [0.29, 0.717) is 15.8 Å². The summed E-state index contributed by atoms with van der Waals surface area (Å²) in [5, 5.41) is 8.36. The highest BCUT2D eigenvalue weighted by Crippen LogP contribution is 2.17. The summed E-state index contributed by atoms with van der Waals surface area (Å²) in [4.78, 5) is 12.4. The molecule has 25 heavy (non-hydrogen) atoms. The van der Waals surface area contributed by atoms with Gasteiger partial charge >= 0.3 is 0 Å². The van der Waals surface area contributed by atoms with E-state index in [4.69, 9.17) is 0 Å². The molecule has 0 aliphatic heterocycles. The van der Waals surface area contributed by atoms with Gasteiger partial charge < -0.3 is 0 Å². The molecule has 0 saturated carbocycles. The van der Waals surface area contributed by atoms with Crippen LogP contribution in [0.25, 0.3) is 5.69 Å². The fourth-order valence-electron chi connectivity index (χ4n) is 2.32. The molecule has 6 heteroatoms. The first kappa shape index (κ1) is 17.1. The maximum absolute atomic E-state index is 12.4. The third-order valence-corrected chi connectivity index (χ3v) is 4.37. The van der Waals surface area contributed by atoms with Crippen molar-refractivity contribution in [2.75, 3.05) is 5.43 Å². The van der Waals surface area contributed by atoms with E-state index in [-0.39, 0.29) is 5.56 Å². The van der Waals surface area contributed by atoms with Crippen molar-refractivity contribution >= 4 is 27.8 Å². The molecule has 0 radical (unpaired) electrons. The minimum Gasteiger partial charge on any atom is -0.276 e. The minimum atomic E-state index is -0.240. The predicted molar refractivity (Wildman–Crippen MR) is 104 cm³/mol. The molecule has 0 unspecified atom stereocenters. The Kier molecular flexibility index (Phi) is 5.74. The molecule has 0 amide bonds. The zero-order valence-electron chi connectivity index (χ0n) is 13.5. The Bertz CT molecular complexity index is 908. The Labute approximate surface area is 154 Å². The number of aryl methyl sites for hydroxylation is 1. The molecule has 0 saturated heterocycles. The fourth-order valence-corrected chi connectivity index (χ4v) is 2.68. The number of nitrogens with one attached hydrogen (secondary N) is 1. The van der Waals surface area contributed by atoms with E-state index >= 15 is 0 Å². The second kappa shape index (κ2) is 8.39. The summed E-state index contributed by atoms with van der Waals surface area (Å²) >= 11 is 3.32. The van der Waals surface area contributed by atoms with Crippen LogP contribution in [-0.4, -0.2) is 16.0 Å². The number of rotatable bonds is 6. The third-order valence-electron chi connectivity index (χ3n) is 3.60. The first-order chi connectivity index (χ1) is 12.3. The first-order valence-electron chi connectivity index (χ1n) is 7.90. The normalized spacial score (nSPS) is 10.9. The van der Waals surface area contributed by atoms with E-state index in [2.05, 4.69) is 43.7 Å². The van der Waals surface area contributed by atoms with Crippen LogP contribution in [0.2, 0.25) is 0 Å². The van der Waals surface area contributed by atoms with Crippen LogP contribution in [-0.2, 0) is 6.42 Å². The Balaban J connectivity index is 1.64. The zero-order valence-corrected chi connectivity index (χ0v) is 15.1. The molecule has 5 nitrogen and oxygen atoms in total. The van der Waals surface area contributed by atoms with Crippen LogP contribution in [0.3, 0.4) is 0 Å². The molecule has 0 fully saturated rings. The van der Waals surface area contributed by atoms with E-state index in [1.165, 1.54) is 10.2 Å². The maximum atomic E-state index is 12.4. The van der Waals surface area contributed by atoms with Crippen LogP contribution in [0.15, 0.2) is 81.2 Å². The van der Waals surface area contributed by atoms with Crippen LogP contribution < -0.4 is 11.0 Å². The number of hydrogen-bond acceptors (Lipinski definition) is 4. The molecule has 2 aromatic carbocycles. The molecule has 0 aliphatic rings. The van der Waals surface area contributed by atoms with E-state index in [9.17, 15) is 4.79 Å².